The van der Waals surface area contributed by atoms with Crippen molar-refractivity contribution in [2.24, 2.45) is 23.7 Å². The third-order valence-corrected chi connectivity index (χ3v) is 5.30. The van der Waals surface area contributed by atoms with Gasteiger partial charge in [0.05, 0.1) is 0 Å². The van der Waals surface area contributed by atoms with Gasteiger partial charge in [-0.15, -0.1) is 0 Å². The third-order valence-electron chi connectivity index (χ3n) is 5.30. The van der Waals surface area contributed by atoms with Gasteiger partial charge < -0.3 is 4.90 Å². The number of rotatable bonds is 6. The number of carbonyl (C=O) groups excluding carboxylic acids is 1. The maximum atomic E-state index is 11.7. The van der Waals surface area contributed by atoms with Crippen molar-refractivity contribution in [2.45, 2.75) is 59.8 Å². The second kappa shape index (κ2) is 6.78. The van der Waals surface area contributed by atoms with Crippen molar-refractivity contribution in [3.8, 4) is 0 Å². The van der Waals surface area contributed by atoms with E-state index in [2.05, 4.69) is 31.7 Å². The van der Waals surface area contributed by atoms with Crippen LogP contribution in [0, 0.1) is 23.7 Å². The highest BCUT2D eigenvalue weighted by molar-refractivity contribution is 5.73. The number of unbranched alkanes of at least 4 members (excludes halogenated alkanes) is 1. The summed E-state index contributed by atoms with van der Waals surface area (Å²) in [7, 11) is 0. The van der Waals surface area contributed by atoms with Crippen molar-refractivity contribution in [3.63, 3.8) is 0 Å². The van der Waals surface area contributed by atoms with Gasteiger partial charge in [-0.1, -0.05) is 31.9 Å². The molecule has 1 saturated carbocycles. The van der Waals surface area contributed by atoms with Gasteiger partial charge in [-0.3, -0.25) is 4.79 Å². The number of hydrogen-bond donors (Lipinski definition) is 0. The van der Waals surface area contributed by atoms with Gasteiger partial charge in [-0.25, -0.2) is 0 Å². The predicted molar refractivity (Wildman–Crippen MR) is 84.4 cm³/mol. The van der Waals surface area contributed by atoms with Crippen molar-refractivity contribution < 1.29 is 4.79 Å². The number of amides is 1. The number of hydrogen-bond acceptors (Lipinski definition) is 1. The van der Waals surface area contributed by atoms with Crippen LogP contribution < -0.4 is 0 Å². The Bertz CT molecular complexity index is 374. The summed E-state index contributed by atoms with van der Waals surface area (Å²) in [6.45, 7) is 10.5. The summed E-state index contributed by atoms with van der Waals surface area (Å²) in [6.07, 6.45) is 8.77. The molecule has 1 amide bonds. The van der Waals surface area contributed by atoms with Crippen LogP contribution in [0.3, 0.4) is 0 Å². The lowest BCUT2D eigenvalue weighted by molar-refractivity contribution is -0.129. The van der Waals surface area contributed by atoms with Gasteiger partial charge in [0.1, 0.15) is 0 Å². The molecule has 0 aliphatic heterocycles. The van der Waals surface area contributed by atoms with E-state index in [1.54, 1.807) is 12.5 Å². The van der Waals surface area contributed by atoms with Crippen molar-refractivity contribution >= 4 is 5.91 Å². The SMILES string of the molecule is CCCCN(CC1CC1C1CCC(C)=CC1C)C(C)=O. The lowest BCUT2D eigenvalue weighted by Gasteiger charge is -2.28. The van der Waals surface area contributed by atoms with E-state index in [1.165, 1.54) is 25.7 Å². The summed E-state index contributed by atoms with van der Waals surface area (Å²) in [5, 5.41) is 0. The molecule has 0 radical (unpaired) electrons. The Morgan fingerprint density at radius 3 is 2.75 bits per heavy atom. The fourth-order valence-corrected chi connectivity index (χ4v) is 3.93. The summed E-state index contributed by atoms with van der Waals surface area (Å²) < 4.78 is 0. The molecule has 2 aliphatic rings. The minimum absolute atomic E-state index is 0.261. The van der Waals surface area contributed by atoms with Gasteiger partial charge in [-0.05, 0) is 56.3 Å². The molecule has 2 rings (SSSR count). The summed E-state index contributed by atoms with van der Waals surface area (Å²) in [4.78, 5) is 13.8. The fourth-order valence-electron chi connectivity index (χ4n) is 3.93. The average molecular weight is 277 g/mol. The van der Waals surface area contributed by atoms with Crippen molar-refractivity contribution in [1.82, 2.24) is 4.90 Å². The topological polar surface area (TPSA) is 20.3 Å². The molecule has 0 heterocycles. The number of nitrogens with zero attached hydrogens (tertiary/aromatic N) is 1. The first-order valence-electron chi connectivity index (χ1n) is 8.45. The Morgan fingerprint density at radius 2 is 2.15 bits per heavy atom. The molecule has 0 aromatic rings. The first-order chi connectivity index (χ1) is 9.52. The first-order valence-corrected chi connectivity index (χ1v) is 8.45. The molecule has 114 valence electrons. The smallest absolute Gasteiger partial charge is 0.219 e. The van der Waals surface area contributed by atoms with Crippen LogP contribution in [-0.2, 0) is 4.79 Å². The summed E-state index contributed by atoms with van der Waals surface area (Å²) in [5.74, 6) is 3.51. The lowest BCUT2D eigenvalue weighted by Crippen LogP contribution is -2.32. The van der Waals surface area contributed by atoms with E-state index >= 15 is 0 Å². The van der Waals surface area contributed by atoms with Gasteiger partial charge in [0.2, 0.25) is 5.91 Å². The van der Waals surface area contributed by atoms with Crippen LogP contribution in [0.5, 0.6) is 0 Å². The minimum Gasteiger partial charge on any atom is -0.343 e. The summed E-state index contributed by atoms with van der Waals surface area (Å²) in [6, 6.07) is 0. The number of allylic oxidation sites excluding steroid dienone is 2. The monoisotopic (exact) mass is 277 g/mol. The molecule has 4 unspecified atom stereocenters. The molecular formula is C18H31NO. The molecule has 0 N–H and O–H groups in total. The highest BCUT2D eigenvalue weighted by Gasteiger charge is 2.45. The predicted octanol–water partition coefficient (Wildman–Crippen LogP) is 4.26. The largest absolute Gasteiger partial charge is 0.343 e. The molecule has 4 atom stereocenters. The Kier molecular flexibility index (Phi) is 5.29. The van der Waals surface area contributed by atoms with Gasteiger partial charge in [0.25, 0.3) is 0 Å². The first kappa shape index (κ1) is 15.6. The van der Waals surface area contributed by atoms with E-state index in [9.17, 15) is 4.79 Å². The van der Waals surface area contributed by atoms with Crippen LogP contribution in [-0.4, -0.2) is 23.9 Å². The second-order valence-corrected chi connectivity index (χ2v) is 7.05. The van der Waals surface area contributed by atoms with Gasteiger partial charge in [0.15, 0.2) is 0 Å². The molecule has 0 aromatic carbocycles. The lowest BCUT2D eigenvalue weighted by atomic mass is 9.78. The zero-order chi connectivity index (χ0) is 14.7. The third kappa shape index (κ3) is 3.86. The van der Waals surface area contributed by atoms with Crippen LogP contribution in [0.15, 0.2) is 11.6 Å². The van der Waals surface area contributed by atoms with Crippen molar-refractivity contribution in [3.05, 3.63) is 11.6 Å². The fraction of sp³-hybridized carbons (Fsp3) is 0.833. The summed E-state index contributed by atoms with van der Waals surface area (Å²) in [5.41, 5.74) is 1.57. The van der Waals surface area contributed by atoms with Gasteiger partial charge in [-0.2, -0.15) is 0 Å². The van der Waals surface area contributed by atoms with E-state index in [0.717, 1.165) is 43.2 Å². The van der Waals surface area contributed by atoms with Crippen LogP contribution >= 0.6 is 0 Å². The number of carbonyl (C=O) groups is 1. The van der Waals surface area contributed by atoms with E-state index in [-0.39, 0.29) is 5.91 Å². The molecule has 1 fully saturated rings. The van der Waals surface area contributed by atoms with E-state index < -0.39 is 0 Å². The molecular weight excluding hydrogens is 246 g/mol. The molecule has 2 aliphatic carbocycles. The highest BCUT2D eigenvalue weighted by Crippen LogP contribution is 2.51. The minimum atomic E-state index is 0.261. The molecule has 0 saturated heterocycles. The molecule has 0 spiro atoms. The Hall–Kier alpha value is -0.790. The highest BCUT2D eigenvalue weighted by atomic mass is 16.2. The Labute approximate surface area is 124 Å². The van der Waals surface area contributed by atoms with Crippen molar-refractivity contribution in [1.29, 1.82) is 0 Å². The zero-order valence-corrected chi connectivity index (χ0v) is 13.7. The second-order valence-electron chi connectivity index (χ2n) is 7.05. The van der Waals surface area contributed by atoms with Gasteiger partial charge in [0, 0.05) is 20.0 Å². The maximum absolute atomic E-state index is 11.7. The van der Waals surface area contributed by atoms with Crippen LogP contribution in [0.1, 0.15) is 59.8 Å². The van der Waals surface area contributed by atoms with Crippen LogP contribution in [0.2, 0.25) is 0 Å². The van der Waals surface area contributed by atoms with Gasteiger partial charge >= 0.3 is 0 Å². The molecule has 2 heteroatoms. The maximum Gasteiger partial charge on any atom is 0.219 e. The molecule has 0 aromatic heterocycles. The Morgan fingerprint density at radius 1 is 1.40 bits per heavy atom. The zero-order valence-electron chi connectivity index (χ0n) is 13.7. The van der Waals surface area contributed by atoms with Crippen molar-refractivity contribution in [2.75, 3.05) is 13.1 Å². The van der Waals surface area contributed by atoms with E-state index in [0.29, 0.717) is 0 Å². The quantitative estimate of drug-likeness (QED) is 0.664. The van der Waals surface area contributed by atoms with Crippen LogP contribution in [0.4, 0.5) is 0 Å². The molecule has 20 heavy (non-hydrogen) atoms. The molecule has 0 bridgehead atoms. The van der Waals surface area contributed by atoms with Crippen LogP contribution in [0.25, 0.3) is 0 Å². The standard InChI is InChI=1S/C18H31NO/c1-5-6-9-19(15(4)20)12-16-11-18(16)17-8-7-13(2)10-14(17)3/h10,14,16-18H,5-9,11-12H2,1-4H3. The normalized spacial score (nSPS) is 32.7. The summed E-state index contributed by atoms with van der Waals surface area (Å²) >= 11 is 0. The van der Waals surface area contributed by atoms with E-state index in [1.807, 2.05) is 0 Å². The van der Waals surface area contributed by atoms with E-state index in [4.69, 9.17) is 0 Å². The molecule has 2 nitrogen and oxygen atoms in total. The Balaban J connectivity index is 1.83. The average Bonchev–Trinajstić information content (AvgIpc) is 3.13.